The first-order valence-corrected chi connectivity index (χ1v) is 7.69. The molecule has 1 aliphatic heterocycles. The predicted octanol–water partition coefficient (Wildman–Crippen LogP) is 1.59. The molecule has 1 saturated carbocycles. The molecule has 2 aliphatic rings. The van der Waals surface area contributed by atoms with Gasteiger partial charge in [-0.25, -0.2) is 0 Å². The molecule has 0 bridgehead atoms. The Morgan fingerprint density at radius 3 is 2.32 bits per heavy atom. The lowest BCUT2D eigenvalue weighted by molar-refractivity contribution is -0.134. The van der Waals surface area contributed by atoms with E-state index in [1.165, 1.54) is 12.8 Å². The summed E-state index contributed by atoms with van der Waals surface area (Å²) in [7, 11) is 0. The average molecular weight is 266 g/mol. The summed E-state index contributed by atoms with van der Waals surface area (Å²) < 4.78 is 0. The van der Waals surface area contributed by atoms with E-state index in [0.29, 0.717) is 0 Å². The molecule has 0 aromatic rings. The van der Waals surface area contributed by atoms with E-state index in [2.05, 4.69) is 10.2 Å². The first-order valence-electron chi connectivity index (χ1n) is 7.69. The van der Waals surface area contributed by atoms with Crippen LogP contribution >= 0.6 is 0 Å². The van der Waals surface area contributed by atoms with E-state index < -0.39 is 0 Å². The van der Waals surface area contributed by atoms with Crippen LogP contribution in [0.3, 0.4) is 0 Å². The number of hydrogen-bond donors (Lipinski definition) is 1. The van der Waals surface area contributed by atoms with Crippen LogP contribution in [0, 0.1) is 11.8 Å². The van der Waals surface area contributed by atoms with Gasteiger partial charge in [-0.3, -0.25) is 9.59 Å². The number of Topliss-reactive ketones (excluding diaryl/α,β-unsaturated/α-hetero) is 1. The Balaban J connectivity index is 1.75. The number of ketones is 1. The third kappa shape index (κ3) is 4.03. The number of likely N-dealkylation sites (tertiary alicyclic amines) is 1. The zero-order valence-corrected chi connectivity index (χ0v) is 12.0. The normalized spacial score (nSPS) is 28.3. The summed E-state index contributed by atoms with van der Waals surface area (Å²) in [5, 5.41) is 3.03. The minimum absolute atomic E-state index is 0.0412. The number of carbonyl (C=O) groups excluding carboxylic acids is 2. The first-order chi connectivity index (χ1) is 9.18. The average Bonchev–Trinajstić information content (AvgIpc) is 2.91. The Labute approximate surface area is 115 Å². The smallest absolute Gasteiger partial charge is 0.223 e. The van der Waals surface area contributed by atoms with Crippen LogP contribution in [0.5, 0.6) is 0 Å². The van der Waals surface area contributed by atoms with Gasteiger partial charge >= 0.3 is 0 Å². The Bertz CT molecular complexity index is 324. The molecule has 2 fully saturated rings. The molecule has 1 aliphatic carbocycles. The second kappa shape index (κ2) is 7.04. The highest BCUT2D eigenvalue weighted by Crippen LogP contribution is 2.30. The molecule has 0 aromatic heterocycles. The maximum absolute atomic E-state index is 12.2. The van der Waals surface area contributed by atoms with Crippen molar-refractivity contribution in [3.8, 4) is 0 Å². The first kappa shape index (κ1) is 14.5. The molecule has 1 N–H and O–H groups in total. The molecular formula is C15H26N2O2. The van der Waals surface area contributed by atoms with Gasteiger partial charge in [0.1, 0.15) is 5.78 Å². The van der Waals surface area contributed by atoms with Crippen molar-refractivity contribution in [2.45, 2.75) is 45.4 Å². The summed E-state index contributed by atoms with van der Waals surface area (Å²) in [6, 6.07) is 0. The molecule has 1 heterocycles. The summed E-state index contributed by atoms with van der Waals surface area (Å²) in [6.45, 7) is 5.62. The standard InChI is InChI=1S/C15H26N2O2/c1-12(18)13-6-2-3-7-14(13)15(19)16-8-11-17-9-4-5-10-17/h13-14H,2-11H2,1H3,(H,16,19)/t13-,14-/m1/s1. The van der Waals surface area contributed by atoms with Crippen molar-refractivity contribution in [3.63, 3.8) is 0 Å². The van der Waals surface area contributed by atoms with E-state index in [1.807, 2.05) is 0 Å². The van der Waals surface area contributed by atoms with Crippen LogP contribution in [0.4, 0.5) is 0 Å². The van der Waals surface area contributed by atoms with Gasteiger partial charge in [0.15, 0.2) is 0 Å². The van der Waals surface area contributed by atoms with Crippen molar-refractivity contribution in [1.82, 2.24) is 10.2 Å². The quantitative estimate of drug-likeness (QED) is 0.822. The van der Waals surface area contributed by atoms with Crippen molar-refractivity contribution >= 4 is 11.7 Å². The SMILES string of the molecule is CC(=O)[C@H]1CCCC[C@H]1C(=O)NCCN1CCCC1. The highest BCUT2D eigenvalue weighted by Gasteiger charge is 2.33. The number of hydrogen-bond acceptors (Lipinski definition) is 3. The number of carbonyl (C=O) groups is 2. The summed E-state index contributed by atoms with van der Waals surface area (Å²) >= 11 is 0. The van der Waals surface area contributed by atoms with E-state index in [9.17, 15) is 9.59 Å². The highest BCUT2D eigenvalue weighted by molar-refractivity contribution is 5.87. The Morgan fingerprint density at radius 1 is 1.05 bits per heavy atom. The number of amides is 1. The zero-order chi connectivity index (χ0) is 13.7. The number of nitrogens with zero attached hydrogens (tertiary/aromatic N) is 1. The predicted molar refractivity (Wildman–Crippen MR) is 74.8 cm³/mol. The van der Waals surface area contributed by atoms with E-state index >= 15 is 0 Å². The van der Waals surface area contributed by atoms with Crippen LogP contribution in [0.1, 0.15) is 45.4 Å². The fourth-order valence-electron chi connectivity index (χ4n) is 3.41. The Morgan fingerprint density at radius 2 is 1.68 bits per heavy atom. The maximum Gasteiger partial charge on any atom is 0.223 e. The van der Waals surface area contributed by atoms with Gasteiger partial charge in [-0.1, -0.05) is 12.8 Å². The van der Waals surface area contributed by atoms with Gasteiger partial charge < -0.3 is 10.2 Å². The maximum atomic E-state index is 12.2. The molecule has 1 amide bonds. The number of rotatable bonds is 5. The summed E-state index contributed by atoms with van der Waals surface area (Å²) in [6.07, 6.45) is 6.49. The van der Waals surface area contributed by atoms with E-state index in [0.717, 1.165) is 51.9 Å². The van der Waals surface area contributed by atoms with Crippen LogP contribution in [-0.2, 0) is 9.59 Å². The summed E-state index contributed by atoms with van der Waals surface area (Å²) in [5.74, 6) is 0.156. The molecule has 4 nitrogen and oxygen atoms in total. The van der Waals surface area contributed by atoms with Crippen LogP contribution in [0.15, 0.2) is 0 Å². The van der Waals surface area contributed by atoms with Crippen molar-refractivity contribution in [2.75, 3.05) is 26.2 Å². The van der Waals surface area contributed by atoms with Gasteiger partial charge in [-0.2, -0.15) is 0 Å². The van der Waals surface area contributed by atoms with E-state index in [1.54, 1.807) is 6.92 Å². The van der Waals surface area contributed by atoms with Crippen molar-refractivity contribution in [1.29, 1.82) is 0 Å². The van der Waals surface area contributed by atoms with E-state index in [-0.39, 0.29) is 23.5 Å². The minimum atomic E-state index is -0.0789. The van der Waals surface area contributed by atoms with Crippen LogP contribution in [0.2, 0.25) is 0 Å². The molecule has 2 rings (SSSR count). The van der Waals surface area contributed by atoms with Gasteiger partial charge in [0.2, 0.25) is 5.91 Å². The van der Waals surface area contributed by atoms with Crippen LogP contribution in [0.25, 0.3) is 0 Å². The summed E-state index contributed by atoms with van der Waals surface area (Å²) in [5.41, 5.74) is 0. The largest absolute Gasteiger partial charge is 0.355 e. The number of nitrogens with one attached hydrogen (secondary N) is 1. The van der Waals surface area contributed by atoms with E-state index in [4.69, 9.17) is 0 Å². The topological polar surface area (TPSA) is 49.4 Å². The van der Waals surface area contributed by atoms with Crippen LogP contribution < -0.4 is 5.32 Å². The van der Waals surface area contributed by atoms with Gasteiger partial charge in [0.25, 0.3) is 0 Å². The Hall–Kier alpha value is -0.900. The minimum Gasteiger partial charge on any atom is -0.355 e. The van der Waals surface area contributed by atoms with Gasteiger partial charge in [-0.05, 0) is 45.7 Å². The van der Waals surface area contributed by atoms with Gasteiger partial charge in [-0.15, -0.1) is 0 Å². The molecule has 0 spiro atoms. The molecule has 0 radical (unpaired) electrons. The molecule has 19 heavy (non-hydrogen) atoms. The Kier molecular flexibility index (Phi) is 5.37. The lowest BCUT2D eigenvalue weighted by Gasteiger charge is -2.29. The lowest BCUT2D eigenvalue weighted by Crippen LogP contribution is -2.41. The summed E-state index contributed by atoms with van der Waals surface area (Å²) in [4.78, 5) is 26.2. The third-order valence-electron chi connectivity index (χ3n) is 4.55. The molecule has 2 atom stereocenters. The fraction of sp³-hybridized carbons (Fsp3) is 0.867. The molecule has 4 heteroatoms. The molecule has 0 aromatic carbocycles. The monoisotopic (exact) mass is 266 g/mol. The van der Waals surface area contributed by atoms with Gasteiger partial charge in [0.05, 0.1) is 0 Å². The van der Waals surface area contributed by atoms with Crippen molar-refractivity contribution in [3.05, 3.63) is 0 Å². The highest BCUT2D eigenvalue weighted by atomic mass is 16.2. The second-order valence-electron chi connectivity index (χ2n) is 5.95. The van der Waals surface area contributed by atoms with Crippen molar-refractivity contribution in [2.24, 2.45) is 11.8 Å². The lowest BCUT2D eigenvalue weighted by atomic mass is 9.77. The third-order valence-corrected chi connectivity index (χ3v) is 4.55. The molecule has 0 unspecified atom stereocenters. The van der Waals surface area contributed by atoms with Crippen LogP contribution in [-0.4, -0.2) is 42.8 Å². The van der Waals surface area contributed by atoms with Crippen molar-refractivity contribution < 1.29 is 9.59 Å². The molecule has 1 saturated heterocycles. The molecular weight excluding hydrogens is 240 g/mol. The molecule has 108 valence electrons. The van der Waals surface area contributed by atoms with Gasteiger partial charge in [0, 0.05) is 24.9 Å². The second-order valence-corrected chi connectivity index (χ2v) is 5.95. The fourth-order valence-corrected chi connectivity index (χ4v) is 3.41. The zero-order valence-electron chi connectivity index (χ0n) is 12.0.